The van der Waals surface area contributed by atoms with E-state index >= 15 is 0 Å². The van der Waals surface area contributed by atoms with Gasteiger partial charge in [0, 0.05) is 22.3 Å². The second-order valence-corrected chi connectivity index (χ2v) is 5.26. The summed E-state index contributed by atoms with van der Waals surface area (Å²) in [5.74, 6) is 0.249. The zero-order valence-electron chi connectivity index (χ0n) is 11.8. The molecule has 0 aliphatic rings. The van der Waals surface area contributed by atoms with Crippen molar-refractivity contribution in [3.63, 3.8) is 0 Å². The number of rotatable bonds is 5. The van der Waals surface area contributed by atoms with Crippen LogP contribution in [0.2, 0.25) is 0 Å². The molecule has 0 saturated carbocycles. The Labute approximate surface area is 135 Å². The van der Waals surface area contributed by atoms with Crippen molar-refractivity contribution in [2.75, 3.05) is 7.11 Å². The summed E-state index contributed by atoms with van der Waals surface area (Å²) < 4.78 is 7.37. The maximum atomic E-state index is 11.8. The molecule has 1 N–H and O–H groups in total. The van der Waals surface area contributed by atoms with Crippen LogP contribution >= 0.6 is 15.9 Å². The maximum absolute atomic E-state index is 11.8. The number of hydrogen-bond donors (Lipinski definition) is 1. The van der Waals surface area contributed by atoms with Gasteiger partial charge in [0.25, 0.3) is 11.5 Å². The molecule has 0 unspecified atom stereocenters. The van der Waals surface area contributed by atoms with E-state index in [4.69, 9.17) is 4.74 Å². The summed E-state index contributed by atoms with van der Waals surface area (Å²) in [5.41, 5.74) is 2.85. The molecular weight excluding hydrogens is 350 g/mol. The van der Waals surface area contributed by atoms with Crippen LogP contribution in [-0.4, -0.2) is 23.8 Å². The summed E-state index contributed by atoms with van der Waals surface area (Å²) >= 11 is 3.36. The second kappa shape index (κ2) is 7.56. The van der Waals surface area contributed by atoms with Gasteiger partial charge in [-0.25, -0.2) is 5.43 Å². The average molecular weight is 364 g/mol. The van der Waals surface area contributed by atoms with Gasteiger partial charge < -0.3 is 9.30 Å². The number of methoxy groups -OCH3 is 1. The molecule has 0 aliphatic carbocycles. The number of pyridine rings is 1. The quantitative estimate of drug-likeness (QED) is 0.649. The smallest absolute Gasteiger partial charge is 0.260 e. The van der Waals surface area contributed by atoms with Gasteiger partial charge in [-0.1, -0.05) is 22.0 Å². The van der Waals surface area contributed by atoms with Gasteiger partial charge in [0.15, 0.2) is 0 Å². The monoisotopic (exact) mass is 363 g/mol. The fourth-order valence-electron chi connectivity index (χ4n) is 1.76. The van der Waals surface area contributed by atoms with E-state index < -0.39 is 5.91 Å². The predicted molar refractivity (Wildman–Crippen MR) is 87.1 cm³/mol. The first-order valence-electron chi connectivity index (χ1n) is 6.41. The molecule has 0 radical (unpaired) electrons. The van der Waals surface area contributed by atoms with Crippen molar-refractivity contribution in [2.24, 2.45) is 5.10 Å². The first-order valence-corrected chi connectivity index (χ1v) is 7.20. The van der Waals surface area contributed by atoms with Crippen molar-refractivity contribution in [3.8, 4) is 5.75 Å². The summed E-state index contributed by atoms with van der Waals surface area (Å²) in [7, 11) is 1.56. The number of carbonyl (C=O) groups excluding carboxylic acids is 1. The van der Waals surface area contributed by atoms with Gasteiger partial charge in [0.1, 0.15) is 12.3 Å². The zero-order chi connectivity index (χ0) is 15.9. The van der Waals surface area contributed by atoms with Gasteiger partial charge in [0.05, 0.1) is 13.3 Å². The highest BCUT2D eigenvalue weighted by atomic mass is 79.9. The number of hydrazone groups is 1. The molecule has 0 aliphatic heterocycles. The molecule has 22 heavy (non-hydrogen) atoms. The Morgan fingerprint density at radius 2 is 2.23 bits per heavy atom. The number of benzene rings is 1. The Bertz CT molecular complexity index is 756. The highest BCUT2D eigenvalue weighted by molar-refractivity contribution is 9.10. The Morgan fingerprint density at radius 1 is 1.41 bits per heavy atom. The molecule has 6 nitrogen and oxygen atoms in total. The number of nitrogens with one attached hydrogen (secondary N) is 1. The molecule has 114 valence electrons. The molecule has 1 aromatic carbocycles. The van der Waals surface area contributed by atoms with Crippen LogP contribution in [0.25, 0.3) is 0 Å². The Kier molecular flexibility index (Phi) is 5.48. The van der Waals surface area contributed by atoms with Crippen molar-refractivity contribution < 1.29 is 9.53 Å². The fraction of sp³-hybridized carbons (Fsp3) is 0.133. The van der Waals surface area contributed by atoms with E-state index in [9.17, 15) is 9.59 Å². The summed E-state index contributed by atoms with van der Waals surface area (Å²) in [6.45, 7) is -0.0906. The van der Waals surface area contributed by atoms with E-state index in [-0.39, 0.29) is 12.1 Å². The van der Waals surface area contributed by atoms with Gasteiger partial charge in [0.2, 0.25) is 0 Å². The molecule has 0 atom stereocenters. The first kappa shape index (κ1) is 16.0. The number of carbonyl (C=O) groups is 1. The molecule has 0 saturated heterocycles. The van der Waals surface area contributed by atoms with Crippen LogP contribution in [0.15, 0.2) is 57.0 Å². The molecule has 0 fully saturated rings. The first-order chi connectivity index (χ1) is 10.6. The van der Waals surface area contributed by atoms with Crippen molar-refractivity contribution >= 4 is 28.1 Å². The molecular formula is C15H14BrN3O3. The van der Waals surface area contributed by atoms with E-state index in [0.29, 0.717) is 11.3 Å². The average Bonchev–Trinajstić information content (AvgIpc) is 2.50. The minimum absolute atomic E-state index is 0.0906. The molecule has 1 aromatic heterocycles. The fourth-order valence-corrected chi connectivity index (χ4v) is 2.14. The van der Waals surface area contributed by atoms with Gasteiger partial charge in [-0.2, -0.15) is 5.10 Å². The normalized spacial score (nSPS) is 10.6. The lowest BCUT2D eigenvalue weighted by molar-refractivity contribution is -0.121. The third-order valence-corrected chi connectivity index (χ3v) is 3.29. The highest BCUT2D eigenvalue weighted by Crippen LogP contribution is 2.21. The SMILES string of the molecule is COc1ccc(Br)cc1/C=N\NC(=O)Cn1ccccc1=O. The van der Waals surface area contributed by atoms with Crippen LogP contribution < -0.4 is 15.7 Å². The third kappa shape index (κ3) is 4.29. The number of hydrogen-bond acceptors (Lipinski definition) is 4. The number of nitrogens with zero attached hydrogens (tertiary/aromatic N) is 2. The number of amides is 1. The topological polar surface area (TPSA) is 72.7 Å². The minimum Gasteiger partial charge on any atom is -0.496 e. The van der Waals surface area contributed by atoms with Crippen molar-refractivity contribution in [3.05, 3.63) is 63.0 Å². The summed E-state index contributed by atoms with van der Waals surface area (Å²) in [5, 5.41) is 3.88. The minimum atomic E-state index is -0.390. The number of halogens is 1. The van der Waals surface area contributed by atoms with Gasteiger partial charge >= 0.3 is 0 Å². The van der Waals surface area contributed by atoms with Crippen molar-refractivity contribution in [2.45, 2.75) is 6.54 Å². The number of aromatic nitrogens is 1. The van der Waals surface area contributed by atoms with Crippen LogP contribution in [0.3, 0.4) is 0 Å². The van der Waals surface area contributed by atoms with Crippen LogP contribution in [0, 0.1) is 0 Å². The lowest BCUT2D eigenvalue weighted by Gasteiger charge is -2.05. The van der Waals surface area contributed by atoms with E-state index in [1.54, 1.807) is 31.5 Å². The predicted octanol–water partition coefficient (Wildman–Crippen LogP) is 1.77. The van der Waals surface area contributed by atoms with E-state index in [1.165, 1.54) is 16.8 Å². The molecule has 2 aromatic rings. The van der Waals surface area contributed by atoms with Gasteiger partial charge in [-0.05, 0) is 24.3 Å². The molecule has 1 amide bonds. The molecule has 2 rings (SSSR count). The van der Waals surface area contributed by atoms with Crippen LogP contribution in [0.5, 0.6) is 5.75 Å². The molecule has 0 spiro atoms. The molecule has 1 heterocycles. The maximum Gasteiger partial charge on any atom is 0.260 e. The van der Waals surface area contributed by atoms with E-state index in [2.05, 4.69) is 26.5 Å². The standard InChI is InChI=1S/C15H14BrN3O3/c1-22-13-6-5-12(16)8-11(13)9-17-18-14(20)10-19-7-3-2-4-15(19)21/h2-9H,10H2,1H3,(H,18,20)/b17-9-. The summed E-state index contributed by atoms with van der Waals surface area (Å²) in [4.78, 5) is 23.2. The highest BCUT2D eigenvalue weighted by Gasteiger charge is 2.03. The third-order valence-electron chi connectivity index (χ3n) is 2.80. The van der Waals surface area contributed by atoms with Crippen molar-refractivity contribution in [1.82, 2.24) is 9.99 Å². The molecule has 7 heteroatoms. The van der Waals surface area contributed by atoms with Crippen LogP contribution in [0.1, 0.15) is 5.56 Å². The zero-order valence-corrected chi connectivity index (χ0v) is 13.4. The van der Waals surface area contributed by atoms with Gasteiger partial charge in [-0.3, -0.25) is 9.59 Å². The second-order valence-electron chi connectivity index (χ2n) is 4.35. The van der Waals surface area contributed by atoms with Crippen molar-refractivity contribution in [1.29, 1.82) is 0 Å². The Balaban J connectivity index is 2.01. The molecule has 0 bridgehead atoms. The van der Waals surface area contributed by atoms with E-state index in [1.807, 2.05) is 12.1 Å². The number of ether oxygens (including phenoxy) is 1. The summed E-state index contributed by atoms with van der Waals surface area (Å²) in [6, 6.07) is 10.1. The van der Waals surface area contributed by atoms with Crippen LogP contribution in [0.4, 0.5) is 0 Å². The summed E-state index contributed by atoms with van der Waals surface area (Å²) in [6.07, 6.45) is 3.03. The Morgan fingerprint density at radius 3 is 2.95 bits per heavy atom. The van der Waals surface area contributed by atoms with E-state index in [0.717, 1.165) is 4.47 Å². The van der Waals surface area contributed by atoms with Gasteiger partial charge in [-0.15, -0.1) is 0 Å². The lowest BCUT2D eigenvalue weighted by atomic mass is 10.2. The van der Waals surface area contributed by atoms with Crippen LogP contribution in [-0.2, 0) is 11.3 Å². The Hall–Kier alpha value is -2.41. The largest absolute Gasteiger partial charge is 0.496 e. The lowest BCUT2D eigenvalue weighted by Crippen LogP contribution is -2.29.